The third-order valence-corrected chi connectivity index (χ3v) is 3.66. The second kappa shape index (κ2) is 8.60. The molecular formula is C15H28ClN3. The van der Waals surface area contributed by atoms with Crippen molar-refractivity contribution in [3.05, 3.63) is 16.7 Å². The summed E-state index contributed by atoms with van der Waals surface area (Å²) in [5.74, 6) is 1.78. The fraction of sp³-hybridized carbons (Fsp3) is 0.800. The number of H-pyrrole nitrogens is 1. The molecule has 0 saturated heterocycles. The lowest BCUT2D eigenvalue weighted by Crippen LogP contribution is -2.26. The van der Waals surface area contributed by atoms with Gasteiger partial charge in [0, 0.05) is 19.0 Å². The van der Waals surface area contributed by atoms with Crippen LogP contribution in [0.5, 0.6) is 0 Å². The third kappa shape index (κ3) is 6.44. The Kier molecular flexibility index (Phi) is 7.47. The Morgan fingerprint density at radius 1 is 1.26 bits per heavy atom. The van der Waals surface area contributed by atoms with Crippen molar-refractivity contribution in [1.29, 1.82) is 0 Å². The van der Waals surface area contributed by atoms with Crippen LogP contribution in [0.15, 0.2) is 0 Å². The average molecular weight is 286 g/mol. The topological polar surface area (TPSA) is 40.7 Å². The van der Waals surface area contributed by atoms with Crippen LogP contribution in [-0.4, -0.2) is 16.0 Å². The zero-order chi connectivity index (χ0) is 14.3. The highest BCUT2D eigenvalue weighted by atomic mass is 35.5. The SMILES string of the molecule is CCCCc1nc(Cl)c(CNC(C)CCC(C)C)[nH]1. The number of hydrogen-bond donors (Lipinski definition) is 2. The van der Waals surface area contributed by atoms with E-state index in [1.54, 1.807) is 0 Å². The number of rotatable bonds is 9. The average Bonchev–Trinajstić information content (AvgIpc) is 2.72. The van der Waals surface area contributed by atoms with Crippen molar-refractivity contribution in [2.75, 3.05) is 0 Å². The van der Waals surface area contributed by atoms with Gasteiger partial charge in [0.25, 0.3) is 0 Å². The van der Waals surface area contributed by atoms with Gasteiger partial charge in [-0.1, -0.05) is 38.8 Å². The summed E-state index contributed by atoms with van der Waals surface area (Å²) < 4.78 is 0. The minimum Gasteiger partial charge on any atom is -0.344 e. The molecule has 0 aliphatic rings. The summed E-state index contributed by atoms with van der Waals surface area (Å²) in [6.45, 7) is 9.71. The van der Waals surface area contributed by atoms with Crippen LogP contribution in [-0.2, 0) is 13.0 Å². The van der Waals surface area contributed by atoms with Gasteiger partial charge in [-0.2, -0.15) is 0 Å². The van der Waals surface area contributed by atoms with Gasteiger partial charge in [0.1, 0.15) is 5.82 Å². The van der Waals surface area contributed by atoms with Crippen LogP contribution in [0.4, 0.5) is 0 Å². The maximum Gasteiger partial charge on any atom is 0.151 e. The second-order valence-electron chi connectivity index (χ2n) is 5.81. The number of hydrogen-bond acceptors (Lipinski definition) is 2. The summed E-state index contributed by atoms with van der Waals surface area (Å²) in [5, 5.41) is 4.13. The number of aromatic amines is 1. The van der Waals surface area contributed by atoms with E-state index in [-0.39, 0.29) is 0 Å². The van der Waals surface area contributed by atoms with Gasteiger partial charge in [0.2, 0.25) is 0 Å². The summed E-state index contributed by atoms with van der Waals surface area (Å²) in [6.07, 6.45) is 5.78. The van der Waals surface area contributed by atoms with Gasteiger partial charge >= 0.3 is 0 Å². The first-order chi connectivity index (χ1) is 9.02. The Hall–Kier alpha value is -0.540. The minimum absolute atomic E-state index is 0.515. The highest BCUT2D eigenvalue weighted by Gasteiger charge is 2.09. The molecule has 0 aliphatic heterocycles. The number of nitrogens with zero attached hydrogens (tertiary/aromatic N) is 1. The molecule has 0 fully saturated rings. The van der Waals surface area contributed by atoms with Crippen LogP contribution in [0.3, 0.4) is 0 Å². The standard InChI is InChI=1S/C15H28ClN3/c1-5-6-7-14-18-13(15(16)19-14)10-17-12(4)9-8-11(2)3/h11-12,17H,5-10H2,1-4H3,(H,18,19). The largest absolute Gasteiger partial charge is 0.344 e. The fourth-order valence-corrected chi connectivity index (χ4v) is 2.20. The number of halogens is 1. The normalized spacial score (nSPS) is 13.2. The molecule has 1 atom stereocenters. The number of aromatic nitrogens is 2. The highest BCUT2D eigenvalue weighted by molar-refractivity contribution is 6.30. The van der Waals surface area contributed by atoms with E-state index in [9.17, 15) is 0 Å². The van der Waals surface area contributed by atoms with E-state index in [1.165, 1.54) is 19.3 Å². The molecule has 0 radical (unpaired) electrons. The van der Waals surface area contributed by atoms with Gasteiger partial charge < -0.3 is 10.3 Å². The smallest absolute Gasteiger partial charge is 0.151 e. The summed E-state index contributed by atoms with van der Waals surface area (Å²) in [7, 11) is 0. The summed E-state index contributed by atoms with van der Waals surface area (Å²) >= 11 is 6.15. The molecule has 110 valence electrons. The zero-order valence-corrected chi connectivity index (χ0v) is 13.5. The lowest BCUT2D eigenvalue weighted by molar-refractivity contribution is 0.449. The maximum atomic E-state index is 6.15. The first kappa shape index (κ1) is 16.5. The first-order valence-electron chi connectivity index (χ1n) is 7.49. The molecule has 0 bridgehead atoms. The molecular weight excluding hydrogens is 258 g/mol. The van der Waals surface area contributed by atoms with Crippen molar-refractivity contribution in [3.8, 4) is 0 Å². The highest BCUT2D eigenvalue weighted by Crippen LogP contribution is 2.15. The van der Waals surface area contributed by atoms with E-state index < -0.39 is 0 Å². The van der Waals surface area contributed by atoms with Crippen molar-refractivity contribution in [1.82, 2.24) is 15.3 Å². The van der Waals surface area contributed by atoms with Crippen molar-refractivity contribution >= 4 is 11.6 Å². The minimum atomic E-state index is 0.515. The number of aryl methyl sites for hydroxylation is 1. The van der Waals surface area contributed by atoms with Gasteiger partial charge in [0.15, 0.2) is 5.15 Å². The van der Waals surface area contributed by atoms with Crippen molar-refractivity contribution in [3.63, 3.8) is 0 Å². The summed E-state index contributed by atoms with van der Waals surface area (Å²) in [5.41, 5.74) is 1.02. The van der Waals surface area contributed by atoms with E-state index in [0.29, 0.717) is 11.2 Å². The molecule has 0 amide bonds. The van der Waals surface area contributed by atoms with Gasteiger partial charge in [0.05, 0.1) is 5.69 Å². The lowest BCUT2D eigenvalue weighted by Gasteiger charge is -2.14. The third-order valence-electron chi connectivity index (χ3n) is 3.35. The maximum absolute atomic E-state index is 6.15. The van der Waals surface area contributed by atoms with E-state index in [2.05, 4.69) is 43.0 Å². The van der Waals surface area contributed by atoms with Gasteiger partial charge in [-0.05, 0) is 32.1 Å². The molecule has 1 aromatic heterocycles. The fourth-order valence-electron chi connectivity index (χ4n) is 1.98. The molecule has 1 aromatic rings. The predicted octanol–water partition coefficient (Wildman–Crippen LogP) is 4.32. The van der Waals surface area contributed by atoms with Crippen molar-refractivity contribution < 1.29 is 0 Å². The van der Waals surface area contributed by atoms with E-state index in [1.807, 2.05) is 0 Å². The molecule has 1 rings (SSSR count). The quantitative estimate of drug-likeness (QED) is 0.709. The molecule has 19 heavy (non-hydrogen) atoms. The first-order valence-corrected chi connectivity index (χ1v) is 7.87. The molecule has 2 N–H and O–H groups in total. The van der Waals surface area contributed by atoms with Gasteiger partial charge in [-0.15, -0.1) is 0 Å². The second-order valence-corrected chi connectivity index (χ2v) is 6.17. The van der Waals surface area contributed by atoms with Crippen molar-refractivity contribution in [2.24, 2.45) is 5.92 Å². The molecule has 3 nitrogen and oxygen atoms in total. The summed E-state index contributed by atoms with van der Waals surface area (Å²) in [4.78, 5) is 7.70. The predicted molar refractivity (Wildman–Crippen MR) is 82.6 cm³/mol. The lowest BCUT2D eigenvalue weighted by atomic mass is 10.0. The zero-order valence-electron chi connectivity index (χ0n) is 12.7. The van der Waals surface area contributed by atoms with E-state index >= 15 is 0 Å². The Morgan fingerprint density at radius 2 is 2.00 bits per heavy atom. The Bertz CT molecular complexity index is 360. The van der Waals surface area contributed by atoms with Crippen LogP contribution in [0, 0.1) is 5.92 Å². The number of unbranched alkanes of at least 4 members (excludes halogenated alkanes) is 1. The van der Waals surface area contributed by atoms with Crippen LogP contribution in [0.1, 0.15) is 64.9 Å². The van der Waals surface area contributed by atoms with Gasteiger partial charge in [-0.25, -0.2) is 4.98 Å². The molecule has 1 unspecified atom stereocenters. The molecule has 0 spiro atoms. The molecule has 1 heterocycles. The van der Waals surface area contributed by atoms with Crippen molar-refractivity contribution in [2.45, 2.75) is 72.4 Å². The number of nitrogens with one attached hydrogen (secondary N) is 2. The monoisotopic (exact) mass is 285 g/mol. The molecule has 4 heteroatoms. The molecule has 0 aromatic carbocycles. The van der Waals surface area contributed by atoms with Crippen LogP contribution in [0.2, 0.25) is 5.15 Å². The Labute approximate surface area is 122 Å². The Morgan fingerprint density at radius 3 is 2.63 bits per heavy atom. The van der Waals surface area contributed by atoms with Crippen LogP contribution in [0.25, 0.3) is 0 Å². The van der Waals surface area contributed by atoms with Gasteiger partial charge in [-0.3, -0.25) is 0 Å². The molecule has 0 aliphatic carbocycles. The van der Waals surface area contributed by atoms with E-state index in [4.69, 9.17) is 11.6 Å². The molecule has 0 saturated carbocycles. The summed E-state index contributed by atoms with van der Waals surface area (Å²) in [6, 6.07) is 0.515. The number of imidazole rings is 1. The Balaban J connectivity index is 2.37. The van der Waals surface area contributed by atoms with E-state index in [0.717, 1.165) is 36.8 Å². The van der Waals surface area contributed by atoms with Crippen LogP contribution >= 0.6 is 11.6 Å². The van der Waals surface area contributed by atoms with Crippen LogP contribution < -0.4 is 5.32 Å².